The Hall–Kier alpha value is -1.76. The topological polar surface area (TPSA) is 58.6 Å². The molecule has 2 aromatic rings. The van der Waals surface area contributed by atoms with E-state index in [2.05, 4.69) is 21.2 Å². The van der Waals surface area contributed by atoms with Crippen LogP contribution in [0.25, 0.3) is 0 Å². The van der Waals surface area contributed by atoms with Crippen molar-refractivity contribution in [1.29, 1.82) is 0 Å². The van der Waals surface area contributed by atoms with Crippen LogP contribution in [0.4, 0.5) is 0 Å². The molecule has 0 saturated carbocycles. The Morgan fingerprint density at radius 3 is 2.48 bits per heavy atom. The van der Waals surface area contributed by atoms with Crippen LogP contribution in [0.1, 0.15) is 25.8 Å². The molecular formula is C21H23BrCl2N2O3. The van der Waals surface area contributed by atoms with Crippen LogP contribution in [0.3, 0.4) is 0 Å². The first-order valence-electron chi connectivity index (χ1n) is 9.21. The van der Waals surface area contributed by atoms with Crippen molar-refractivity contribution < 1.29 is 14.3 Å². The fourth-order valence-electron chi connectivity index (χ4n) is 2.58. The Kier molecular flexibility index (Phi) is 9.27. The zero-order valence-electron chi connectivity index (χ0n) is 16.3. The summed E-state index contributed by atoms with van der Waals surface area (Å²) in [5.41, 5.74) is 0.861. The maximum absolute atomic E-state index is 12.9. The molecule has 0 bridgehead atoms. The standard InChI is InChI=1S/C21H23BrCl2N2O3/c1-3-10-25-21(28)14(2)26(12-15-4-7-17(23)8-5-15)20(27)13-29-19-9-6-16(22)11-18(19)24/h4-9,11,14H,3,10,12-13H2,1-2H3,(H,25,28)/t14-/m1/s1. The quantitative estimate of drug-likeness (QED) is 0.521. The molecule has 1 N–H and O–H groups in total. The molecule has 0 aliphatic heterocycles. The molecule has 2 amide bonds. The number of benzene rings is 2. The van der Waals surface area contributed by atoms with Crippen molar-refractivity contribution in [1.82, 2.24) is 10.2 Å². The summed E-state index contributed by atoms with van der Waals surface area (Å²) in [6.07, 6.45) is 0.814. The smallest absolute Gasteiger partial charge is 0.261 e. The highest BCUT2D eigenvalue weighted by Gasteiger charge is 2.26. The van der Waals surface area contributed by atoms with E-state index < -0.39 is 6.04 Å². The Morgan fingerprint density at radius 2 is 1.86 bits per heavy atom. The van der Waals surface area contributed by atoms with Crippen LogP contribution < -0.4 is 10.1 Å². The minimum atomic E-state index is -0.659. The molecule has 156 valence electrons. The fourth-order valence-corrected chi connectivity index (χ4v) is 3.43. The van der Waals surface area contributed by atoms with Gasteiger partial charge in [-0.1, -0.05) is 58.2 Å². The number of ether oxygens (including phenoxy) is 1. The van der Waals surface area contributed by atoms with Crippen molar-refractivity contribution in [3.63, 3.8) is 0 Å². The highest BCUT2D eigenvalue weighted by Crippen LogP contribution is 2.27. The molecule has 0 aliphatic carbocycles. The average Bonchev–Trinajstić information content (AvgIpc) is 2.70. The molecule has 0 heterocycles. The maximum Gasteiger partial charge on any atom is 0.261 e. The van der Waals surface area contributed by atoms with Gasteiger partial charge in [0.05, 0.1) is 5.02 Å². The molecule has 0 saturated heterocycles. The molecular weight excluding hydrogens is 479 g/mol. The van der Waals surface area contributed by atoms with Gasteiger partial charge in [0, 0.05) is 22.6 Å². The van der Waals surface area contributed by atoms with Gasteiger partial charge in [0.25, 0.3) is 5.91 Å². The van der Waals surface area contributed by atoms with Crippen LogP contribution in [0.2, 0.25) is 10.0 Å². The molecule has 0 radical (unpaired) electrons. The number of carbonyl (C=O) groups excluding carboxylic acids is 2. The number of hydrogen-bond acceptors (Lipinski definition) is 3. The van der Waals surface area contributed by atoms with E-state index in [9.17, 15) is 9.59 Å². The van der Waals surface area contributed by atoms with Gasteiger partial charge in [-0.25, -0.2) is 0 Å². The van der Waals surface area contributed by atoms with Crippen molar-refractivity contribution in [3.8, 4) is 5.75 Å². The molecule has 8 heteroatoms. The van der Waals surface area contributed by atoms with E-state index >= 15 is 0 Å². The summed E-state index contributed by atoms with van der Waals surface area (Å²) >= 11 is 15.4. The first-order valence-corrected chi connectivity index (χ1v) is 10.8. The summed E-state index contributed by atoms with van der Waals surface area (Å²) in [5, 5.41) is 3.83. The van der Waals surface area contributed by atoms with Gasteiger partial charge < -0.3 is 15.0 Å². The van der Waals surface area contributed by atoms with E-state index in [-0.39, 0.29) is 25.0 Å². The first-order chi connectivity index (χ1) is 13.8. The van der Waals surface area contributed by atoms with Crippen molar-refractivity contribution >= 4 is 50.9 Å². The van der Waals surface area contributed by atoms with Gasteiger partial charge in [-0.3, -0.25) is 9.59 Å². The molecule has 0 aromatic heterocycles. The minimum Gasteiger partial charge on any atom is -0.482 e. The number of rotatable bonds is 9. The lowest BCUT2D eigenvalue weighted by Gasteiger charge is -2.28. The lowest BCUT2D eigenvalue weighted by Crippen LogP contribution is -2.49. The Bertz CT molecular complexity index is 846. The van der Waals surface area contributed by atoms with Crippen molar-refractivity contribution in [2.45, 2.75) is 32.9 Å². The number of carbonyl (C=O) groups is 2. The lowest BCUT2D eigenvalue weighted by molar-refractivity contribution is -0.142. The molecule has 1 atom stereocenters. The van der Waals surface area contributed by atoms with Crippen molar-refractivity contribution in [3.05, 3.63) is 62.5 Å². The second-order valence-electron chi connectivity index (χ2n) is 6.48. The summed E-state index contributed by atoms with van der Waals surface area (Å²) in [6.45, 7) is 4.24. The minimum absolute atomic E-state index is 0.212. The zero-order chi connectivity index (χ0) is 21.4. The Morgan fingerprint density at radius 1 is 1.17 bits per heavy atom. The van der Waals surface area contributed by atoms with Gasteiger partial charge in [0.1, 0.15) is 11.8 Å². The molecule has 2 rings (SSSR count). The Balaban J connectivity index is 2.14. The zero-order valence-corrected chi connectivity index (χ0v) is 19.4. The summed E-state index contributed by atoms with van der Waals surface area (Å²) in [7, 11) is 0. The van der Waals surface area contributed by atoms with E-state index in [4.69, 9.17) is 27.9 Å². The number of halogens is 3. The van der Waals surface area contributed by atoms with E-state index in [0.717, 1.165) is 16.5 Å². The van der Waals surface area contributed by atoms with Crippen LogP contribution in [-0.2, 0) is 16.1 Å². The lowest BCUT2D eigenvalue weighted by atomic mass is 10.1. The van der Waals surface area contributed by atoms with Crippen LogP contribution in [0.5, 0.6) is 5.75 Å². The second kappa shape index (κ2) is 11.4. The van der Waals surface area contributed by atoms with Gasteiger partial charge in [-0.2, -0.15) is 0 Å². The number of hydrogen-bond donors (Lipinski definition) is 1. The van der Waals surface area contributed by atoms with E-state index in [1.807, 2.05) is 19.1 Å². The fraction of sp³-hybridized carbons (Fsp3) is 0.333. The van der Waals surface area contributed by atoms with Crippen LogP contribution in [0.15, 0.2) is 46.9 Å². The molecule has 0 fully saturated rings. The maximum atomic E-state index is 12.9. The van der Waals surface area contributed by atoms with Gasteiger partial charge in [-0.05, 0) is 49.2 Å². The van der Waals surface area contributed by atoms with Crippen LogP contribution >= 0.6 is 39.1 Å². The predicted molar refractivity (Wildman–Crippen MR) is 119 cm³/mol. The van der Waals surface area contributed by atoms with Crippen LogP contribution in [0, 0.1) is 0 Å². The number of nitrogens with zero attached hydrogens (tertiary/aromatic N) is 1. The summed E-state index contributed by atoms with van der Waals surface area (Å²) < 4.78 is 6.42. The SMILES string of the molecule is CCCNC(=O)[C@@H](C)N(Cc1ccc(Cl)cc1)C(=O)COc1ccc(Br)cc1Cl. The van der Waals surface area contributed by atoms with Gasteiger partial charge in [0.15, 0.2) is 6.61 Å². The first kappa shape index (κ1) is 23.5. The number of nitrogens with one attached hydrogen (secondary N) is 1. The normalized spacial score (nSPS) is 11.6. The average molecular weight is 502 g/mol. The number of amides is 2. The van der Waals surface area contributed by atoms with Gasteiger partial charge >= 0.3 is 0 Å². The molecule has 2 aromatic carbocycles. The van der Waals surface area contributed by atoms with Gasteiger partial charge in [0.2, 0.25) is 5.91 Å². The van der Waals surface area contributed by atoms with E-state index in [1.165, 1.54) is 4.90 Å². The van der Waals surface area contributed by atoms with E-state index in [1.54, 1.807) is 37.3 Å². The van der Waals surface area contributed by atoms with Crippen molar-refractivity contribution in [2.24, 2.45) is 0 Å². The van der Waals surface area contributed by atoms with Gasteiger partial charge in [-0.15, -0.1) is 0 Å². The highest BCUT2D eigenvalue weighted by molar-refractivity contribution is 9.10. The molecule has 0 unspecified atom stereocenters. The molecule has 5 nitrogen and oxygen atoms in total. The highest BCUT2D eigenvalue weighted by atomic mass is 79.9. The third kappa shape index (κ3) is 7.21. The predicted octanol–water partition coefficient (Wildman–Crippen LogP) is 5.08. The second-order valence-corrected chi connectivity index (χ2v) is 8.24. The molecule has 0 spiro atoms. The van der Waals surface area contributed by atoms with E-state index in [0.29, 0.717) is 22.3 Å². The third-order valence-corrected chi connectivity index (χ3v) is 5.27. The summed E-state index contributed by atoms with van der Waals surface area (Å²) in [5.74, 6) is -0.133. The summed E-state index contributed by atoms with van der Waals surface area (Å²) in [6, 6.07) is 11.6. The van der Waals surface area contributed by atoms with Crippen LogP contribution in [-0.4, -0.2) is 35.9 Å². The van der Waals surface area contributed by atoms with Crippen molar-refractivity contribution in [2.75, 3.05) is 13.2 Å². The Labute approximate surface area is 189 Å². The molecule has 29 heavy (non-hydrogen) atoms. The third-order valence-electron chi connectivity index (χ3n) is 4.23. The largest absolute Gasteiger partial charge is 0.482 e. The summed E-state index contributed by atoms with van der Waals surface area (Å²) in [4.78, 5) is 26.9. The monoisotopic (exact) mass is 500 g/mol. The molecule has 0 aliphatic rings.